The number of rotatable bonds is 3. The van der Waals surface area contributed by atoms with E-state index in [4.69, 9.17) is 23.8 Å². The number of benzene rings is 2. The molecule has 110 valence electrons. The first-order valence-corrected chi connectivity index (χ1v) is 7.16. The second-order valence-corrected chi connectivity index (χ2v) is 5.26. The Hall–Kier alpha value is -2.31. The molecule has 0 aliphatic carbocycles. The van der Waals surface area contributed by atoms with Gasteiger partial charge in [-0.25, -0.2) is 9.49 Å². The third kappa shape index (κ3) is 2.98. The molecule has 0 bridgehead atoms. The van der Waals surface area contributed by atoms with Crippen LogP contribution in [-0.2, 0) is 0 Å². The Morgan fingerprint density at radius 1 is 1.18 bits per heavy atom. The van der Waals surface area contributed by atoms with Crippen molar-refractivity contribution in [2.24, 2.45) is 5.10 Å². The molecule has 0 aliphatic rings. The van der Waals surface area contributed by atoms with Gasteiger partial charge in [-0.05, 0) is 42.0 Å². The van der Waals surface area contributed by atoms with Gasteiger partial charge in [0.15, 0.2) is 5.82 Å². The summed E-state index contributed by atoms with van der Waals surface area (Å²) in [6.07, 6.45) is 1.60. The Bertz CT molecular complexity index is 883. The van der Waals surface area contributed by atoms with Crippen LogP contribution < -0.4 is 0 Å². The molecule has 7 heteroatoms. The van der Waals surface area contributed by atoms with Gasteiger partial charge < -0.3 is 0 Å². The van der Waals surface area contributed by atoms with Crippen LogP contribution >= 0.6 is 23.8 Å². The van der Waals surface area contributed by atoms with E-state index in [1.54, 1.807) is 36.5 Å². The molecule has 0 saturated carbocycles. The topological polar surface area (TPSA) is 46.0 Å². The van der Waals surface area contributed by atoms with Gasteiger partial charge in [-0.1, -0.05) is 35.9 Å². The fraction of sp³-hybridized carbons (Fsp3) is 0. The maximum atomic E-state index is 13.9. The van der Waals surface area contributed by atoms with Crippen LogP contribution in [0.4, 0.5) is 4.39 Å². The Morgan fingerprint density at radius 2 is 1.91 bits per heavy atom. The van der Waals surface area contributed by atoms with E-state index >= 15 is 0 Å². The van der Waals surface area contributed by atoms with Gasteiger partial charge in [-0.3, -0.25) is 0 Å². The molecule has 0 spiro atoms. The molecule has 0 unspecified atom stereocenters. The van der Waals surface area contributed by atoms with Crippen LogP contribution in [0.1, 0.15) is 5.56 Å². The Kier molecular flexibility index (Phi) is 4.13. The lowest BCUT2D eigenvalue weighted by Crippen LogP contribution is -1.96. The molecule has 0 atom stereocenters. The summed E-state index contributed by atoms with van der Waals surface area (Å²) >= 11 is 11.0. The highest BCUT2D eigenvalue weighted by Crippen LogP contribution is 2.20. The van der Waals surface area contributed by atoms with Crippen molar-refractivity contribution in [2.75, 3.05) is 0 Å². The highest BCUT2D eigenvalue weighted by molar-refractivity contribution is 7.71. The van der Waals surface area contributed by atoms with E-state index in [-0.39, 0.29) is 10.6 Å². The van der Waals surface area contributed by atoms with E-state index in [2.05, 4.69) is 15.3 Å². The number of H-pyrrole nitrogens is 1. The van der Waals surface area contributed by atoms with Crippen molar-refractivity contribution >= 4 is 30.0 Å². The first-order chi connectivity index (χ1) is 10.6. The largest absolute Gasteiger partial charge is 0.250 e. The van der Waals surface area contributed by atoms with Crippen LogP contribution in [0.2, 0.25) is 5.02 Å². The summed E-state index contributed by atoms with van der Waals surface area (Å²) in [6.45, 7) is 0. The molecule has 3 aromatic rings. The lowest BCUT2D eigenvalue weighted by atomic mass is 10.2. The summed E-state index contributed by atoms with van der Waals surface area (Å²) in [7, 11) is 0. The molecule has 1 N–H and O–H groups in total. The van der Waals surface area contributed by atoms with Crippen molar-refractivity contribution in [2.45, 2.75) is 0 Å². The van der Waals surface area contributed by atoms with E-state index in [0.717, 1.165) is 5.56 Å². The summed E-state index contributed by atoms with van der Waals surface area (Å²) in [6, 6.07) is 13.5. The van der Waals surface area contributed by atoms with Crippen LogP contribution in [0.3, 0.4) is 0 Å². The van der Waals surface area contributed by atoms with E-state index in [1.165, 1.54) is 10.7 Å². The van der Waals surface area contributed by atoms with Crippen LogP contribution in [0.15, 0.2) is 53.6 Å². The minimum atomic E-state index is -0.389. The second kappa shape index (κ2) is 6.21. The predicted octanol–water partition coefficient (Wildman–Crippen LogP) is 4.28. The van der Waals surface area contributed by atoms with Gasteiger partial charge in [0.1, 0.15) is 5.82 Å². The van der Waals surface area contributed by atoms with Gasteiger partial charge in [0, 0.05) is 5.02 Å². The Balaban J connectivity index is 2.02. The van der Waals surface area contributed by atoms with Crippen molar-refractivity contribution in [1.29, 1.82) is 0 Å². The lowest BCUT2D eigenvalue weighted by Gasteiger charge is -2.02. The number of nitrogens with one attached hydrogen (secondary N) is 1. The molecule has 22 heavy (non-hydrogen) atoms. The average molecular weight is 333 g/mol. The summed E-state index contributed by atoms with van der Waals surface area (Å²) in [5.74, 6) is -0.0762. The molecule has 1 aromatic heterocycles. The minimum Gasteiger partial charge on any atom is -0.250 e. The maximum absolute atomic E-state index is 13.9. The molecular formula is C15H10ClFN4S. The van der Waals surface area contributed by atoms with Gasteiger partial charge in [-0.2, -0.15) is 14.9 Å². The molecule has 3 rings (SSSR count). The van der Waals surface area contributed by atoms with Crippen LogP contribution in [0, 0.1) is 10.6 Å². The van der Waals surface area contributed by atoms with E-state index in [9.17, 15) is 4.39 Å². The number of aromatic nitrogens is 3. The standard InChI is InChI=1S/C15H10ClFN4S/c16-11-7-5-10(6-8-11)9-18-21-14(19-20-15(21)22)12-3-1-2-4-13(12)17/h1-9H,(H,20,22)/b18-9-. The first-order valence-electron chi connectivity index (χ1n) is 6.37. The molecule has 0 fully saturated rings. The van der Waals surface area contributed by atoms with Crippen LogP contribution in [0.5, 0.6) is 0 Å². The van der Waals surface area contributed by atoms with Gasteiger partial charge >= 0.3 is 0 Å². The molecule has 0 radical (unpaired) electrons. The molecular weight excluding hydrogens is 323 g/mol. The van der Waals surface area contributed by atoms with E-state index in [1.807, 2.05) is 12.1 Å². The van der Waals surface area contributed by atoms with Crippen LogP contribution in [-0.4, -0.2) is 21.1 Å². The van der Waals surface area contributed by atoms with Crippen molar-refractivity contribution < 1.29 is 4.39 Å². The van der Waals surface area contributed by atoms with Crippen LogP contribution in [0.25, 0.3) is 11.4 Å². The quantitative estimate of drug-likeness (QED) is 0.574. The third-order valence-corrected chi connectivity index (χ3v) is 3.47. The minimum absolute atomic E-state index is 0.281. The number of nitrogens with zero attached hydrogens (tertiary/aromatic N) is 3. The normalized spacial score (nSPS) is 11.2. The fourth-order valence-corrected chi connectivity index (χ4v) is 2.19. The number of aromatic amines is 1. The number of hydrogen-bond acceptors (Lipinski definition) is 3. The van der Waals surface area contributed by atoms with Gasteiger partial charge in [0.2, 0.25) is 4.77 Å². The highest BCUT2D eigenvalue weighted by atomic mass is 35.5. The number of hydrogen-bond donors (Lipinski definition) is 1. The highest BCUT2D eigenvalue weighted by Gasteiger charge is 2.12. The second-order valence-electron chi connectivity index (χ2n) is 4.44. The van der Waals surface area contributed by atoms with Gasteiger partial charge in [-0.15, -0.1) is 0 Å². The zero-order chi connectivity index (χ0) is 15.5. The predicted molar refractivity (Wildman–Crippen MR) is 87.2 cm³/mol. The molecule has 2 aromatic carbocycles. The molecule has 1 heterocycles. The van der Waals surface area contributed by atoms with Crippen molar-refractivity contribution in [3.63, 3.8) is 0 Å². The Labute approximate surface area is 135 Å². The van der Waals surface area contributed by atoms with Crippen molar-refractivity contribution in [3.05, 3.63) is 69.7 Å². The van der Waals surface area contributed by atoms with E-state index < -0.39 is 0 Å². The lowest BCUT2D eigenvalue weighted by molar-refractivity contribution is 0.628. The monoisotopic (exact) mass is 332 g/mol. The van der Waals surface area contributed by atoms with Gasteiger partial charge in [0.25, 0.3) is 0 Å². The third-order valence-electron chi connectivity index (χ3n) is 2.96. The summed E-state index contributed by atoms with van der Waals surface area (Å²) in [5.41, 5.74) is 1.16. The molecule has 0 amide bonds. The van der Waals surface area contributed by atoms with Crippen molar-refractivity contribution in [1.82, 2.24) is 14.9 Å². The number of halogens is 2. The van der Waals surface area contributed by atoms with E-state index in [0.29, 0.717) is 16.4 Å². The Morgan fingerprint density at radius 3 is 2.64 bits per heavy atom. The fourth-order valence-electron chi connectivity index (χ4n) is 1.89. The van der Waals surface area contributed by atoms with Gasteiger partial charge in [0.05, 0.1) is 11.8 Å². The summed E-state index contributed by atoms with van der Waals surface area (Å²) < 4.78 is 15.6. The smallest absolute Gasteiger partial charge is 0.216 e. The first kappa shape index (κ1) is 14.6. The molecule has 0 saturated heterocycles. The van der Waals surface area contributed by atoms with Crippen molar-refractivity contribution in [3.8, 4) is 11.4 Å². The SMILES string of the molecule is Fc1ccccc1-c1n[nH]c(=S)n1/N=C\c1ccc(Cl)cc1. The zero-order valence-electron chi connectivity index (χ0n) is 11.2. The molecule has 0 aliphatic heterocycles. The summed E-state index contributed by atoms with van der Waals surface area (Å²) in [4.78, 5) is 0. The summed E-state index contributed by atoms with van der Waals surface area (Å²) in [5, 5.41) is 11.6. The average Bonchev–Trinajstić information content (AvgIpc) is 2.88. The molecule has 4 nitrogen and oxygen atoms in total. The zero-order valence-corrected chi connectivity index (χ0v) is 12.8. The maximum Gasteiger partial charge on any atom is 0.216 e.